The number of aromatic nitrogens is 2. The maximum atomic E-state index is 6.18. The number of hydrogen-bond donors (Lipinski definition) is 1. The number of hydrogen-bond acceptors (Lipinski definition) is 5. The van der Waals surface area contributed by atoms with Crippen LogP contribution in [0.15, 0.2) is 4.52 Å². The Morgan fingerprint density at radius 2 is 2.46 bits per heavy atom. The van der Waals surface area contributed by atoms with Gasteiger partial charge in [0.05, 0.1) is 5.54 Å². The highest BCUT2D eigenvalue weighted by molar-refractivity contribution is 8.00. The molecular formula is C8H13N3OS. The second-order valence-electron chi connectivity index (χ2n) is 3.62. The van der Waals surface area contributed by atoms with Gasteiger partial charge in [0.25, 0.3) is 0 Å². The molecule has 2 atom stereocenters. The van der Waals surface area contributed by atoms with E-state index in [1.807, 2.05) is 11.8 Å². The standard InChI is InChI=1S/C8H13N3OS/c1-5-3-8(9,4-13-5)7-10-6(2)12-11-7/h5H,3-4,9H2,1-2H3. The van der Waals surface area contributed by atoms with Crippen LogP contribution in [0.5, 0.6) is 0 Å². The first-order valence-electron chi connectivity index (χ1n) is 4.31. The smallest absolute Gasteiger partial charge is 0.223 e. The topological polar surface area (TPSA) is 64.9 Å². The normalized spacial score (nSPS) is 33.9. The summed E-state index contributed by atoms with van der Waals surface area (Å²) in [6, 6.07) is 0. The van der Waals surface area contributed by atoms with Crippen molar-refractivity contribution in [1.29, 1.82) is 0 Å². The summed E-state index contributed by atoms with van der Waals surface area (Å²) < 4.78 is 4.93. The fourth-order valence-electron chi connectivity index (χ4n) is 1.58. The lowest BCUT2D eigenvalue weighted by Gasteiger charge is -2.17. The van der Waals surface area contributed by atoms with Crippen LogP contribution in [-0.2, 0) is 5.54 Å². The van der Waals surface area contributed by atoms with Gasteiger partial charge in [0.1, 0.15) is 0 Å². The van der Waals surface area contributed by atoms with Gasteiger partial charge in [-0.25, -0.2) is 0 Å². The van der Waals surface area contributed by atoms with E-state index in [0.717, 1.165) is 12.2 Å². The Labute approximate surface area is 81.3 Å². The third kappa shape index (κ3) is 1.58. The van der Waals surface area contributed by atoms with Gasteiger partial charge in [-0.05, 0) is 6.42 Å². The van der Waals surface area contributed by atoms with E-state index >= 15 is 0 Å². The van der Waals surface area contributed by atoms with Crippen LogP contribution >= 0.6 is 11.8 Å². The van der Waals surface area contributed by atoms with Crippen molar-refractivity contribution in [3.05, 3.63) is 11.7 Å². The number of thioether (sulfide) groups is 1. The van der Waals surface area contributed by atoms with Crippen LogP contribution in [0.4, 0.5) is 0 Å². The predicted octanol–water partition coefficient (Wildman–Crippen LogP) is 1.06. The molecule has 0 radical (unpaired) electrons. The largest absolute Gasteiger partial charge is 0.340 e. The lowest BCUT2D eigenvalue weighted by molar-refractivity contribution is 0.363. The van der Waals surface area contributed by atoms with Gasteiger partial charge in [-0.1, -0.05) is 12.1 Å². The van der Waals surface area contributed by atoms with E-state index in [2.05, 4.69) is 17.1 Å². The minimum absolute atomic E-state index is 0.373. The van der Waals surface area contributed by atoms with Gasteiger partial charge < -0.3 is 10.3 Å². The molecule has 1 fully saturated rings. The fourth-order valence-corrected chi connectivity index (χ4v) is 2.82. The minimum atomic E-state index is -0.373. The zero-order valence-corrected chi connectivity index (χ0v) is 8.60. The maximum absolute atomic E-state index is 6.18. The lowest BCUT2D eigenvalue weighted by atomic mass is 9.97. The van der Waals surface area contributed by atoms with Gasteiger partial charge in [-0.3, -0.25) is 0 Å². The molecule has 0 amide bonds. The third-order valence-corrected chi connectivity index (χ3v) is 3.67. The first-order valence-corrected chi connectivity index (χ1v) is 5.36. The fraction of sp³-hybridized carbons (Fsp3) is 0.750. The van der Waals surface area contributed by atoms with E-state index < -0.39 is 0 Å². The molecule has 0 bridgehead atoms. The zero-order chi connectivity index (χ0) is 9.47. The molecule has 0 aliphatic carbocycles. The Kier molecular flexibility index (Phi) is 2.08. The summed E-state index contributed by atoms with van der Waals surface area (Å²) in [6.07, 6.45) is 0.927. The Morgan fingerprint density at radius 3 is 2.92 bits per heavy atom. The van der Waals surface area contributed by atoms with Crippen molar-refractivity contribution in [2.75, 3.05) is 5.75 Å². The molecule has 0 saturated carbocycles. The second-order valence-corrected chi connectivity index (χ2v) is 5.05. The molecule has 2 N–H and O–H groups in total. The van der Waals surface area contributed by atoms with E-state index in [1.165, 1.54) is 0 Å². The van der Waals surface area contributed by atoms with Crippen molar-refractivity contribution in [1.82, 2.24) is 10.1 Å². The average molecular weight is 199 g/mol. The van der Waals surface area contributed by atoms with Gasteiger partial charge >= 0.3 is 0 Å². The van der Waals surface area contributed by atoms with Gasteiger partial charge in [-0.15, -0.1) is 0 Å². The van der Waals surface area contributed by atoms with Crippen LogP contribution in [0, 0.1) is 6.92 Å². The highest BCUT2D eigenvalue weighted by Gasteiger charge is 2.39. The Balaban J connectivity index is 2.25. The van der Waals surface area contributed by atoms with Crippen molar-refractivity contribution >= 4 is 11.8 Å². The molecule has 0 aromatic carbocycles. The molecule has 2 unspecified atom stereocenters. The van der Waals surface area contributed by atoms with Gasteiger partial charge in [0.15, 0.2) is 5.82 Å². The molecule has 1 aliphatic heterocycles. The SMILES string of the molecule is Cc1nc(C2(N)CSC(C)C2)no1. The molecule has 1 aromatic heterocycles. The van der Waals surface area contributed by atoms with Crippen LogP contribution in [-0.4, -0.2) is 21.1 Å². The molecule has 5 heteroatoms. The van der Waals surface area contributed by atoms with E-state index in [9.17, 15) is 0 Å². The van der Waals surface area contributed by atoms with Gasteiger partial charge in [0.2, 0.25) is 5.89 Å². The van der Waals surface area contributed by atoms with E-state index in [4.69, 9.17) is 10.3 Å². The Morgan fingerprint density at radius 1 is 1.69 bits per heavy atom. The van der Waals surface area contributed by atoms with Crippen molar-refractivity contribution < 1.29 is 4.52 Å². The van der Waals surface area contributed by atoms with E-state index in [-0.39, 0.29) is 5.54 Å². The number of rotatable bonds is 1. The quantitative estimate of drug-likeness (QED) is 0.732. The van der Waals surface area contributed by atoms with Crippen LogP contribution in [0.25, 0.3) is 0 Å². The van der Waals surface area contributed by atoms with Crippen LogP contribution in [0.2, 0.25) is 0 Å². The summed E-state index contributed by atoms with van der Waals surface area (Å²) in [5, 5.41) is 4.47. The van der Waals surface area contributed by atoms with Crippen LogP contribution < -0.4 is 5.73 Å². The zero-order valence-electron chi connectivity index (χ0n) is 7.78. The highest BCUT2D eigenvalue weighted by atomic mass is 32.2. The van der Waals surface area contributed by atoms with Crippen LogP contribution in [0.3, 0.4) is 0 Å². The van der Waals surface area contributed by atoms with Crippen molar-refractivity contribution in [3.63, 3.8) is 0 Å². The summed E-state index contributed by atoms with van der Waals surface area (Å²) in [6.45, 7) is 3.96. The second kappa shape index (κ2) is 2.99. The molecule has 1 saturated heterocycles. The third-order valence-electron chi connectivity index (χ3n) is 2.25. The monoisotopic (exact) mass is 199 g/mol. The molecule has 2 heterocycles. The van der Waals surface area contributed by atoms with E-state index in [1.54, 1.807) is 6.92 Å². The maximum Gasteiger partial charge on any atom is 0.223 e. The Hall–Kier alpha value is -0.550. The summed E-state index contributed by atoms with van der Waals surface area (Å²) >= 11 is 1.86. The summed E-state index contributed by atoms with van der Waals surface area (Å²) in [7, 11) is 0. The number of nitrogens with zero attached hydrogens (tertiary/aromatic N) is 2. The molecule has 4 nitrogen and oxygen atoms in total. The first-order chi connectivity index (χ1) is 6.10. The summed E-state index contributed by atoms with van der Waals surface area (Å²) in [5.41, 5.74) is 5.81. The highest BCUT2D eigenvalue weighted by Crippen LogP contribution is 2.37. The minimum Gasteiger partial charge on any atom is -0.340 e. The molecule has 2 rings (SSSR count). The van der Waals surface area contributed by atoms with Crippen molar-refractivity contribution in [3.8, 4) is 0 Å². The van der Waals surface area contributed by atoms with Crippen molar-refractivity contribution in [2.24, 2.45) is 5.73 Å². The lowest BCUT2D eigenvalue weighted by Crippen LogP contribution is -2.38. The van der Waals surface area contributed by atoms with Gasteiger partial charge in [0, 0.05) is 17.9 Å². The Bertz CT molecular complexity index is 314. The average Bonchev–Trinajstić information content (AvgIpc) is 2.60. The first kappa shape index (κ1) is 9.02. The summed E-state index contributed by atoms with van der Waals surface area (Å²) in [5.74, 6) is 2.12. The van der Waals surface area contributed by atoms with Crippen molar-refractivity contribution in [2.45, 2.75) is 31.1 Å². The van der Waals surface area contributed by atoms with Crippen LogP contribution in [0.1, 0.15) is 25.1 Å². The molecule has 1 aliphatic rings. The molecule has 0 spiro atoms. The van der Waals surface area contributed by atoms with Gasteiger partial charge in [-0.2, -0.15) is 16.7 Å². The molecule has 13 heavy (non-hydrogen) atoms. The molecule has 1 aromatic rings. The number of nitrogens with two attached hydrogens (primary N) is 1. The van der Waals surface area contributed by atoms with E-state index in [0.29, 0.717) is 17.0 Å². The molecular weight excluding hydrogens is 186 g/mol. The summed E-state index contributed by atoms with van der Waals surface area (Å²) in [4.78, 5) is 4.18. The number of aryl methyl sites for hydroxylation is 1. The molecule has 72 valence electrons. The predicted molar refractivity (Wildman–Crippen MR) is 51.4 cm³/mol.